The van der Waals surface area contributed by atoms with Crippen molar-refractivity contribution in [1.29, 1.82) is 0 Å². The van der Waals surface area contributed by atoms with Gasteiger partial charge in [-0.3, -0.25) is 4.79 Å². The predicted octanol–water partition coefficient (Wildman–Crippen LogP) is 3.62. The molecule has 9 heteroatoms. The van der Waals surface area contributed by atoms with Crippen LogP contribution in [0.15, 0.2) is 36.9 Å². The number of piperidine rings is 1. The number of rotatable bonds is 8. The number of esters is 1. The number of benzene rings is 1. The number of nitrogens with one attached hydrogen (secondary N) is 2. The van der Waals surface area contributed by atoms with E-state index < -0.39 is 34.7 Å². The van der Waals surface area contributed by atoms with Crippen LogP contribution in [0.3, 0.4) is 0 Å². The molecule has 1 aromatic rings. The van der Waals surface area contributed by atoms with E-state index in [-0.39, 0.29) is 18.4 Å². The molecule has 1 aromatic carbocycles. The molecule has 1 aliphatic heterocycles. The van der Waals surface area contributed by atoms with Crippen LogP contribution in [0.1, 0.15) is 53.5 Å². The third-order valence-corrected chi connectivity index (χ3v) is 6.77. The Morgan fingerprint density at radius 2 is 1.86 bits per heavy atom. The van der Waals surface area contributed by atoms with Crippen LogP contribution in [0, 0.1) is 11.3 Å². The van der Waals surface area contributed by atoms with Gasteiger partial charge in [-0.2, -0.15) is 0 Å². The first kappa shape index (κ1) is 28.7. The van der Waals surface area contributed by atoms with Crippen molar-refractivity contribution in [2.45, 2.75) is 65.2 Å². The van der Waals surface area contributed by atoms with Crippen LogP contribution in [0.4, 0.5) is 4.79 Å². The highest BCUT2D eigenvalue weighted by Gasteiger charge is 2.50. The van der Waals surface area contributed by atoms with Gasteiger partial charge in [0.25, 0.3) is 0 Å². The quantitative estimate of drug-likeness (QED) is 0.368. The maximum atomic E-state index is 13.4. The molecule has 1 fully saturated rings. The summed E-state index contributed by atoms with van der Waals surface area (Å²) in [5, 5.41) is 17.6. The van der Waals surface area contributed by atoms with Crippen molar-refractivity contribution < 1.29 is 24.2 Å². The van der Waals surface area contributed by atoms with Gasteiger partial charge in [-0.1, -0.05) is 58.0 Å². The highest BCUT2D eigenvalue weighted by molar-refractivity contribution is 6.30. The lowest BCUT2D eigenvalue weighted by Crippen LogP contribution is -2.61. The van der Waals surface area contributed by atoms with E-state index in [9.17, 15) is 19.5 Å². The van der Waals surface area contributed by atoms with Crippen molar-refractivity contribution in [3.05, 3.63) is 47.5 Å². The zero-order valence-corrected chi connectivity index (χ0v) is 22.2. The SMILES string of the molecule is C=CC(=O)OC(C)(C)CNC(=O)N[C@@H](C(=O)N1CC[C@](O)(c2ccc(Cl)cc2)C(C)(C)C1)C(C)C. The van der Waals surface area contributed by atoms with Crippen LogP contribution < -0.4 is 10.6 Å². The van der Waals surface area contributed by atoms with Gasteiger partial charge in [0.1, 0.15) is 11.6 Å². The fourth-order valence-corrected chi connectivity index (χ4v) is 4.44. The molecule has 3 N–H and O–H groups in total. The molecule has 1 aliphatic rings. The monoisotopic (exact) mass is 507 g/mol. The van der Waals surface area contributed by atoms with Gasteiger partial charge in [0, 0.05) is 29.6 Å². The van der Waals surface area contributed by atoms with Crippen molar-refractivity contribution in [3.63, 3.8) is 0 Å². The van der Waals surface area contributed by atoms with Crippen LogP contribution >= 0.6 is 11.6 Å². The number of amides is 3. The van der Waals surface area contributed by atoms with E-state index in [0.29, 0.717) is 24.5 Å². The minimum Gasteiger partial charge on any atom is -0.455 e. The first-order chi connectivity index (χ1) is 16.1. The van der Waals surface area contributed by atoms with Gasteiger partial charge in [0.15, 0.2) is 0 Å². The Hall–Kier alpha value is -2.58. The smallest absolute Gasteiger partial charge is 0.330 e. The number of hydrogen-bond donors (Lipinski definition) is 3. The second-order valence-corrected chi connectivity index (χ2v) is 11.1. The summed E-state index contributed by atoms with van der Waals surface area (Å²) in [4.78, 5) is 39.2. The molecular formula is C26H38ClN3O5. The maximum absolute atomic E-state index is 13.4. The van der Waals surface area contributed by atoms with Crippen molar-refractivity contribution in [3.8, 4) is 0 Å². The van der Waals surface area contributed by atoms with Crippen molar-refractivity contribution >= 4 is 29.5 Å². The van der Waals surface area contributed by atoms with Gasteiger partial charge >= 0.3 is 12.0 Å². The molecule has 0 unspecified atom stereocenters. The molecule has 194 valence electrons. The number of aliphatic hydroxyl groups is 1. The van der Waals surface area contributed by atoms with Crippen molar-refractivity contribution in [2.24, 2.45) is 11.3 Å². The topological polar surface area (TPSA) is 108 Å². The number of likely N-dealkylation sites (tertiary alicyclic amines) is 1. The van der Waals surface area contributed by atoms with E-state index in [4.69, 9.17) is 16.3 Å². The zero-order chi connectivity index (χ0) is 26.6. The second-order valence-electron chi connectivity index (χ2n) is 10.7. The second kappa shape index (κ2) is 11.0. The van der Waals surface area contributed by atoms with E-state index in [1.807, 2.05) is 39.8 Å². The summed E-state index contributed by atoms with van der Waals surface area (Å²) in [6.45, 7) is 15.0. The Morgan fingerprint density at radius 3 is 2.37 bits per heavy atom. The number of urea groups is 1. The first-order valence-corrected chi connectivity index (χ1v) is 12.2. The molecule has 1 heterocycles. The molecule has 3 amide bonds. The van der Waals surface area contributed by atoms with Gasteiger partial charge in [0.05, 0.1) is 12.1 Å². The molecule has 0 aliphatic carbocycles. The normalized spacial score (nSPS) is 20.7. The third kappa shape index (κ3) is 6.98. The standard InChI is InChI=1S/C26H38ClN3O5/c1-8-20(31)35-25(6,7)15-28-23(33)29-21(17(2)3)22(32)30-14-13-26(34,24(4,5)16-30)18-9-11-19(27)12-10-18/h8-12,17,21,34H,1,13-16H2,2-7H3,(H2,28,29,33)/t21-,26+/m1/s1. The van der Waals surface area contributed by atoms with Crippen LogP contribution in [0.5, 0.6) is 0 Å². The lowest BCUT2D eigenvalue weighted by Gasteiger charge is -2.51. The van der Waals surface area contributed by atoms with Crippen LogP contribution in [-0.2, 0) is 19.9 Å². The molecule has 0 radical (unpaired) electrons. The molecule has 0 aromatic heterocycles. The fraction of sp³-hybridized carbons (Fsp3) is 0.577. The van der Waals surface area contributed by atoms with E-state index in [1.54, 1.807) is 30.9 Å². The van der Waals surface area contributed by atoms with Crippen LogP contribution in [0.25, 0.3) is 0 Å². The van der Waals surface area contributed by atoms with E-state index in [0.717, 1.165) is 11.6 Å². The van der Waals surface area contributed by atoms with Crippen molar-refractivity contribution in [1.82, 2.24) is 15.5 Å². The van der Waals surface area contributed by atoms with E-state index in [2.05, 4.69) is 17.2 Å². The number of hydrogen-bond acceptors (Lipinski definition) is 5. The van der Waals surface area contributed by atoms with Gasteiger partial charge in [-0.25, -0.2) is 9.59 Å². The van der Waals surface area contributed by atoms with Gasteiger partial charge < -0.3 is 25.4 Å². The predicted molar refractivity (Wildman–Crippen MR) is 136 cm³/mol. The first-order valence-electron chi connectivity index (χ1n) is 11.8. The minimum absolute atomic E-state index is 0.0578. The van der Waals surface area contributed by atoms with Crippen LogP contribution in [-0.4, -0.2) is 59.2 Å². The summed E-state index contributed by atoms with van der Waals surface area (Å²) in [6, 6.07) is 5.84. The molecule has 0 spiro atoms. The molecule has 1 saturated heterocycles. The number of ether oxygens (including phenoxy) is 1. The Bertz CT molecular complexity index is 945. The van der Waals surface area contributed by atoms with E-state index in [1.165, 1.54) is 0 Å². The highest BCUT2D eigenvalue weighted by atomic mass is 35.5. The molecule has 0 bridgehead atoms. The summed E-state index contributed by atoms with van der Waals surface area (Å²) in [5.74, 6) is -0.961. The minimum atomic E-state index is -1.12. The number of carbonyl (C=O) groups is 3. The zero-order valence-electron chi connectivity index (χ0n) is 21.5. The largest absolute Gasteiger partial charge is 0.455 e. The molecule has 8 nitrogen and oxygen atoms in total. The van der Waals surface area contributed by atoms with Gasteiger partial charge in [-0.05, 0) is 43.9 Å². The Kier molecular flexibility index (Phi) is 9.00. The molecule has 35 heavy (non-hydrogen) atoms. The van der Waals surface area contributed by atoms with Crippen LogP contribution in [0.2, 0.25) is 5.02 Å². The lowest BCUT2D eigenvalue weighted by molar-refractivity contribution is -0.155. The summed E-state index contributed by atoms with van der Waals surface area (Å²) in [6.07, 6.45) is 1.41. The Labute approximate surface area is 213 Å². The third-order valence-electron chi connectivity index (χ3n) is 6.52. The summed E-state index contributed by atoms with van der Waals surface area (Å²) in [5.41, 5.74) is -1.95. The van der Waals surface area contributed by atoms with E-state index >= 15 is 0 Å². The number of nitrogens with zero attached hydrogens (tertiary/aromatic N) is 1. The average molecular weight is 508 g/mol. The summed E-state index contributed by atoms with van der Waals surface area (Å²) in [7, 11) is 0. The maximum Gasteiger partial charge on any atom is 0.330 e. The van der Waals surface area contributed by atoms with Gasteiger partial charge in [0.2, 0.25) is 5.91 Å². The summed E-state index contributed by atoms with van der Waals surface area (Å²) >= 11 is 6.01. The molecule has 0 saturated carbocycles. The summed E-state index contributed by atoms with van der Waals surface area (Å²) < 4.78 is 5.21. The number of halogens is 1. The Balaban J connectivity index is 2.07. The highest BCUT2D eigenvalue weighted by Crippen LogP contribution is 2.46. The molecule has 2 rings (SSSR count). The average Bonchev–Trinajstić information content (AvgIpc) is 2.77. The lowest BCUT2D eigenvalue weighted by atomic mass is 9.66. The van der Waals surface area contributed by atoms with Crippen molar-refractivity contribution in [2.75, 3.05) is 19.6 Å². The Morgan fingerprint density at radius 1 is 1.26 bits per heavy atom. The fourth-order valence-electron chi connectivity index (χ4n) is 4.32. The molecule has 2 atom stereocenters. The van der Waals surface area contributed by atoms with Gasteiger partial charge in [-0.15, -0.1) is 0 Å². The molecular weight excluding hydrogens is 470 g/mol. The number of carbonyl (C=O) groups excluding carboxylic acids is 3.